The fourth-order valence-electron chi connectivity index (χ4n) is 4.12. The Morgan fingerprint density at radius 2 is 2.17 bits per heavy atom. The molecule has 1 aliphatic heterocycles. The van der Waals surface area contributed by atoms with Gasteiger partial charge in [-0.15, -0.1) is 0 Å². The van der Waals surface area contributed by atoms with Crippen LogP contribution in [0.5, 0.6) is 0 Å². The molecule has 2 atom stereocenters. The Balaban J connectivity index is 1.31. The number of amides is 1. The number of aliphatic hydroxyl groups is 1. The van der Waals surface area contributed by atoms with Crippen molar-refractivity contribution in [3.63, 3.8) is 0 Å². The van der Waals surface area contributed by atoms with Gasteiger partial charge in [0.2, 0.25) is 12.8 Å². The monoisotopic (exact) mass is 561 g/mol. The molecule has 0 unspecified atom stereocenters. The number of aryl methyl sites for hydroxylation is 1. The fourth-order valence-corrected chi connectivity index (χ4v) is 4.67. The van der Waals surface area contributed by atoms with E-state index < -0.39 is 24.8 Å². The van der Waals surface area contributed by atoms with Crippen LogP contribution in [0.3, 0.4) is 0 Å². The Labute approximate surface area is 215 Å². The standard InChI is InChI=1S/C23H28BrN7O5/c1-3-16(14(10-32)8-15-9-25-12-30(15)2)21(33)35-13-36-23(34)31-7-6-26-22(31)29-17-4-5-18-20(19(17)24)28-11-27-18/h4-5,9,11-12,14,16,32H,3,6-8,10,13H2,1-2H3,(H,26,29)(H,27,28)/t14-,16-/m0/s1. The summed E-state index contributed by atoms with van der Waals surface area (Å²) in [5.41, 5.74) is 3.20. The van der Waals surface area contributed by atoms with Gasteiger partial charge < -0.3 is 29.4 Å². The number of hydrogen-bond donors (Lipinski definition) is 3. The number of aliphatic hydroxyl groups excluding tert-OH is 1. The van der Waals surface area contributed by atoms with Crippen molar-refractivity contribution in [2.24, 2.45) is 23.9 Å². The zero-order valence-electron chi connectivity index (χ0n) is 20.0. The van der Waals surface area contributed by atoms with Gasteiger partial charge in [-0.25, -0.2) is 19.7 Å². The second-order valence-electron chi connectivity index (χ2n) is 8.36. The number of guanidine groups is 1. The molecule has 13 heteroatoms. The SMILES string of the molecule is CC[C@H](C(=O)OCOC(=O)N1CCN=C1Nc1ccc2[nH]cnc2c1Br)[C@H](CO)Cc1cncn1C. The van der Waals surface area contributed by atoms with E-state index in [4.69, 9.17) is 9.47 Å². The van der Waals surface area contributed by atoms with Crippen LogP contribution < -0.4 is 5.32 Å². The van der Waals surface area contributed by atoms with Crippen LogP contribution in [0.1, 0.15) is 19.0 Å². The number of nitrogens with zero attached hydrogens (tertiary/aromatic N) is 5. The van der Waals surface area contributed by atoms with Gasteiger partial charge in [0, 0.05) is 31.5 Å². The Morgan fingerprint density at radius 1 is 1.33 bits per heavy atom. The van der Waals surface area contributed by atoms with Crippen LogP contribution in [0.25, 0.3) is 11.0 Å². The summed E-state index contributed by atoms with van der Waals surface area (Å²) in [7, 11) is 1.86. The van der Waals surface area contributed by atoms with Gasteiger partial charge in [-0.1, -0.05) is 6.92 Å². The predicted molar refractivity (Wildman–Crippen MR) is 135 cm³/mol. The van der Waals surface area contributed by atoms with Crippen molar-refractivity contribution in [2.45, 2.75) is 19.8 Å². The molecule has 1 amide bonds. The Hall–Kier alpha value is -3.45. The van der Waals surface area contributed by atoms with Crippen molar-refractivity contribution >= 4 is 50.7 Å². The van der Waals surface area contributed by atoms with E-state index in [0.717, 1.165) is 21.2 Å². The number of carbonyl (C=O) groups excluding carboxylic acids is 2. The van der Waals surface area contributed by atoms with E-state index in [-0.39, 0.29) is 12.5 Å². The highest BCUT2D eigenvalue weighted by molar-refractivity contribution is 9.10. The molecule has 0 fully saturated rings. The Kier molecular flexibility index (Phi) is 8.21. The zero-order chi connectivity index (χ0) is 25.7. The maximum atomic E-state index is 12.7. The number of anilines is 1. The summed E-state index contributed by atoms with van der Waals surface area (Å²) in [4.78, 5) is 42.4. The first-order valence-electron chi connectivity index (χ1n) is 11.5. The number of hydrogen-bond acceptors (Lipinski definition) is 9. The molecule has 192 valence electrons. The van der Waals surface area contributed by atoms with E-state index in [1.54, 1.807) is 18.9 Å². The lowest BCUT2D eigenvalue weighted by atomic mass is 9.87. The number of benzene rings is 1. The number of halogens is 1. The number of esters is 1. The normalized spacial score (nSPS) is 15.0. The van der Waals surface area contributed by atoms with E-state index in [1.165, 1.54) is 4.90 Å². The van der Waals surface area contributed by atoms with Crippen molar-refractivity contribution in [1.29, 1.82) is 0 Å². The number of imidazole rings is 2. The molecule has 2 aromatic heterocycles. The van der Waals surface area contributed by atoms with Crippen LogP contribution in [0.2, 0.25) is 0 Å². The molecule has 36 heavy (non-hydrogen) atoms. The fraction of sp³-hybridized carbons (Fsp3) is 0.435. The lowest BCUT2D eigenvalue weighted by Crippen LogP contribution is -2.39. The average Bonchev–Trinajstić information content (AvgIpc) is 3.62. The largest absolute Gasteiger partial charge is 0.428 e. The van der Waals surface area contributed by atoms with Crippen LogP contribution in [0, 0.1) is 11.8 Å². The molecule has 3 heterocycles. The highest BCUT2D eigenvalue weighted by Crippen LogP contribution is 2.30. The van der Waals surface area contributed by atoms with E-state index in [1.807, 2.05) is 30.7 Å². The minimum Gasteiger partial charge on any atom is -0.428 e. The van der Waals surface area contributed by atoms with E-state index in [2.05, 4.69) is 41.2 Å². The molecule has 0 spiro atoms. The van der Waals surface area contributed by atoms with Crippen LogP contribution in [-0.4, -0.2) is 74.0 Å². The number of aromatic nitrogens is 4. The molecule has 3 aromatic rings. The van der Waals surface area contributed by atoms with Crippen LogP contribution in [-0.2, 0) is 27.7 Å². The number of carbonyl (C=O) groups is 2. The number of aliphatic imine (C=N–C) groups is 1. The Morgan fingerprint density at radius 3 is 2.89 bits per heavy atom. The number of fused-ring (bicyclic) bond motifs is 1. The summed E-state index contributed by atoms with van der Waals surface area (Å²) in [6.45, 7) is 1.86. The van der Waals surface area contributed by atoms with E-state index in [0.29, 0.717) is 37.6 Å². The molecular weight excluding hydrogens is 534 g/mol. The van der Waals surface area contributed by atoms with Gasteiger partial charge in [0.25, 0.3) is 0 Å². The number of aromatic amines is 1. The molecule has 4 rings (SSSR count). The quantitative estimate of drug-likeness (QED) is 0.267. The molecule has 3 N–H and O–H groups in total. The highest BCUT2D eigenvalue weighted by Gasteiger charge is 2.30. The number of rotatable bonds is 9. The topological polar surface area (TPSA) is 147 Å². The van der Waals surface area contributed by atoms with Gasteiger partial charge in [-0.3, -0.25) is 9.79 Å². The van der Waals surface area contributed by atoms with Crippen molar-refractivity contribution < 1.29 is 24.2 Å². The number of ether oxygens (including phenoxy) is 2. The molecular formula is C23H28BrN7O5. The average molecular weight is 562 g/mol. The molecule has 0 saturated carbocycles. The van der Waals surface area contributed by atoms with Crippen LogP contribution in [0.15, 0.2) is 40.4 Å². The highest BCUT2D eigenvalue weighted by atomic mass is 79.9. The summed E-state index contributed by atoms with van der Waals surface area (Å²) < 4.78 is 13.0. The second kappa shape index (κ2) is 11.5. The summed E-state index contributed by atoms with van der Waals surface area (Å²) >= 11 is 3.53. The smallest absolute Gasteiger partial charge is 0.419 e. The van der Waals surface area contributed by atoms with Gasteiger partial charge in [0.15, 0.2) is 0 Å². The molecule has 0 bridgehead atoms. The van der Waals surface area contributed by atoms with Gasteiger partial charge in [0.1, 0.15) is 5.52 Å². The molecule has 0 saturated heterocycles. The lowest BCUT2D eigenvalue weighted by molar-refractivity contribution is -0.160. The first-order valence-corrected chi connectivity index (χ1v) is 12.3. The summed E-state index contributed by atoms with van der Waals surface area (Å²) in [5, 5.41) is 13.0. The predicted octanol–water partition coefficient (Wildman–Crippen LogP) is 2.66. The zero-order valence-corrected chi connectivity index (χ0v) is 21.6. The number of nitrogens with one attached hydrogen (secondary N) is 2. The molecule has 0 radical (unpaired) electrons. The summed E-state index contributed by atoms with van der Waals surface area (Å²) in [6.07, 6.45) is 5.22. The van der Waals surface area contributed by atoms with Crippen molar-refractivity contribution in [3.8, 4) is 0 Å². The minimum atomic E-state index is -0.690. The van der Waals surface area contributed by atoms with Crippen molar-refractivity contribution in [3.05, 3.63) is 41.2 Å². The van der Waals surface area contributed by atoms with Gasteiger partial charge >= 0.3 is 12.1 Å². The summed E-state index contributed by atoms with van der Waals surface area (Å²) in [5.74, 6) is -1.11. The summed E-state index contributed by atoms with van der Waals surface area (Å²) in [6, 6.07) is 3.70. The minimum absolute atomic E-state index is 0.183. The third kappa shape index (κ3) is 5.51. The van der Waals surface area contributed by atoms with Gasteiger partial charge in [0.05, 0.1) is 47.3 Å². The maximum Gasteiger partial charge on any atom is 0.419 e. The van der Waals surface area contributed by atoms with Crippen LogP contribution in [0.4, 0.5) is 10.5 Å². The van der Waals surface area contributed by atoms with Crippen LogP contribution >= 0.6 is 15.9 Å². The lowest BCUT2D eigenvalue weighted by Gasteiger charge is -2.23. The van der Waals surface area contributed by atoms with Gasteiger partial charge in [-0.2, -0.15) is 0 Å². The van der Waals surface area contributed by atoms with E-state index in [9.17, 15) is 14.7 Å². The molecule has 1 aliphatic rings. The van der Waals surface area contributed by atoms with E-state index >= 15 is 0 Å². The third-order valence-corrected chi connectivity index (χ3v) is 6.96. The first-order chi connectivity index (χ1) is 17.4. The first kappa shape index (κ1) is 25.6. The third-order valence-electron chi connectivity index (χ3n) is 6.16. The maximum absolute atomic E-state index is 12.7. The second-order valence-corrected chi connectivity index (χ2v) is 9.15. The van der Waals surface area contributed by atoms with Crippen molar-refractivity contribution in [2.75, 3.05) is 31.8 Å². The number of H-pyrrole nitrogens is 1. The molecule has 0 aliphatic carbocycles. The Bertz CT molecular complexity index is 1260. The molecule has 12 nitrogen and oxygen atoms in total. The van der Waals surface area contributed by atoms with Gasteiger partial charge in [-0.05, 0) is 40.9 Å². The molecule has 1 aromatic carbocycles. The van der Waals surface area contributed by atoms with Crippen molar-refractivity contribution in [1.82, 2.24) is 24.4 Å².